The number of hydrogen-bond donors (Lipinski definition) is 1. The Bertz CT molecular complexity index is 474. The zero-order valence-electron chi connectivity index (χ0n) is 12.7. The van der Waals surface area contributed by atoms with Crippen LogP contribution in [0.1, 0.15) is 32.8 Å². The molecule has 1 aliphatic heterocycles. The van der Waals surface area contributed by atoms with Gasteiger partial charge in [-0.15, -0.1) is 0 Å². The lowest BCUT2D eigenvalue weighted by Gasteiger charge is -2.44. The van der Waals surface area contributed by atoms with Crippen LogP contribution in [-0.4, -0.2) is 25.2 Å². The summed E-state index contributed by atoms with van der Waals surface area (Å²) in [7, 11) is 0. The number of piperazine rings is 1. The molecule has 1 aliphatic rings. The van der Waals surface area contributed by atoms with E-state index in [1.54, 1.807) is 6.92 Å². The van der Waals surface area contributed by atoms with Crippen molar-refractivity contribution in [2.24, 2.45) is 5.92 Å². The van der Waals surface area contributed by atoms with Crippen molar-refractivity contribution in [3.63, 3.8) is 0 Å². The Balaban J connectivity index is 2.42. The smallest absolute Gasteiger partial charge is 0.152 e. The summed E-state index contributed by atoms with van der Waals surface area (Å²) in [5, 5.41) is 3.47. The van der Waals surface area contributed by atoms with Crippen molar-refractivity contribution in [1.82, 2.24) is 5.32 Å². The zero-order valence-corrected chi connectivity index (χ0v) is 12.7. The van der Waals surface area contributed by atoms with Gasteiger partial charge in [0.25, 0.3) is 0 Å². The molecular formula is C16H24F2N2. The van der Waals surface area contributed by atoms with E-state index in [1.165, 1.54) is 12.1 Å². The number of nitrogens with one attached hydrogen (secondary N) is 1. The van der Waals surface area contributed by atoms with E-state index in [0.717, 1.165) is 13.0 Å². The average molecular weight is 282 g/mol. The summed E-state index contributed by atoms with van der Waals surface area (Å²) >= 11 is 0. The highest BCUT2D eigenvalue weighted by Gasteiger charge is 2.32. The van der Waals surface area contributed by atoms with Crippen molar-refractivity contribution in [3.05, 3.63) is 29.3 Å². The second kappa shape index (κ2) is 6.08. The summed E-state index contributed by atoms with van der Waals surface area (Å²) in [6.07, 6.45) is 0.955. The number of benzene rings is 1. The summed E-state index contributed by atoms with van der Waals surface area (Å²) in [6.45, 7) is 9.38. The van der Waals surface area contributed by atoms with Crippen LogP contribution < -0.4 is 10.2 Å². The first-order chi connectivity index (χ1) is 9.45. The van der Waals surface area contributed by atoms with Gasteiger partial charge in [0.2, 0.25) is 0 Å². The second-order valence-corrected chi connectivity index (χ2v) is 6.00. The van der Waals surface area contributed by atoms with Gasteiger partial charge in [-0.05, 0) is 30.9 Å². The van der Waals surface area contributed by atoms with E-state index < -0.39 is 11.6 Å². The van der Waals surface area contributed by atoms with Crippen molar-refractivity contribution < 1.29 is 8.78 Å². The van der Waals surface area contributed by atoms with E-state index in [4.69, 9.17) is 0 Å². The highest BCUT2D eigenvalue weighted by Crippen LogP contribution is 2.31. The molecule has 2 nitrogen and oxygen atoms in total. The normalized spacial score (nSPS) is 23.4. The summed E-state index contributed by atoms with van der Waals surface area (Å²) in [5.74, 6) is -0.553. The molecule has 1 aromatic rings. The van der Waals surface area contributed by atoms with Gasteiger partial charge in [0.1, 0.15) is 11.5 Å². The Kier molecular flexibility index (Phi) is 4.63. The minimum Gasteiger partial charge on any atom is -0.361 e. The zero-order chi connectivity index (χ0) is 14.9. The van der Waals surface area contributed by atoms with E-state index in [0.29, 0.717) is 18.0 Å². The molecule has 0 aromatic heterocycles. The van der Waals surface area contributed by atoms with Crippen LogP contribution in [-0.2, 0) is 0 Å². The number of nitrogens with zero attached hydrogens (tertiary/aromatic N) is 1. The van der Waals surface area contributed by atoms with Crippen molar-refractivity contribution in [2.75, 3.05) is 18.0 Å². The van der Waals surface area contributed by atoms with Crippen LogP contribution in [0.25, 0.3) is 0 Å². The Hall–Kier alpha value is -1.16. The van der Waals surface area contributed by atoms with Crippen LogP contribution in [0, 0.1) is 24.5 Å². The van der Waals surface area contributed by atoms with Gasteiger partial charge >= 0.3 is 0 Å². The first-order valence-electron chi connectivity index (χ1n) is 7.40. The molecule has 4 heteroatoms. The fraction of sp³-hybridized carbons (Fsp3) is 0.625. The molecule has 0 spiro atoms. The van der Waals surface area contributed by atoms with Crippen LogP contribution in [0.3, 0.4) is 0 Å². The Morgan fingerprint density at radius 2 is 2.05 bits per heavy atom. The fourth-order valence-corrected chi connectivity index (χ4v) is 2.87. The molecule has 0 amide bonds. The van der Waals surface area contributed by atoms with Crippen LogP contribution >= 0.6 is 0 Å². The Morgan fingerprint density at radius 3 is 2.65 bits per heavy atom. The SMILES string of the molecule is CCC1CN(c2c(F)ccc(C)c2F)C(C(C)C)CN1. The standard InChI is InChI=1S/C16H24F2N2/c1-5-12-9-20(14(8-19-12)10(2)3)16-13(17)7-6-11(4)15(16)18/h6-7,10,12,14,19H,5,8-9H2,1-4H3. The predicted octanol–water partition coefficient (Wildman–Crippen LogP) is 3.49. The molecule has 0 bridgehead atoms. The molecular weight excluding hydrogens is 258 g/mol. The van der Waals surface area contributed by atoms with Crippen LogP contribution in [0.15, 0.2) is 12.1 Å². The molecule has 2 unspecified atom stereocenters. The van der Waals surface area contributed by atoms with Crippen LogP contribution in [0.5, 0.6) is 0 Å². The lowest BCUT2D eigenvalue weighted by molar-refractivity contribution is 0.328. The molecule has 2 atom stereocenters. The van der Waals surface area contributed by atoms with E-state index in [1.807, 2.05) is 4.90 Å². The van der Waals surface area contributed by atoms with E-state index >= 15 is 0 Å². The fourth-order valence-electron chi connectivity index (χ4n) is 2.87. The van der Waals surface area contributed by atoms with Gasteiger partial charge < -0.3 is 10.2 Å². The first-order valence-corrected chi connectivity index (χ1v) is 7.40. The molecule has 1 N–H and O–H groups in total. The van der Waals surface area contributed by atoms with Gasteiger partial charge in [0.05, 0.1) is 0 Å². The van der Waals surface area contributed by atoms with Gasteiger partial charge in [-0.25, -0.2) is 8.78 Å². The van der Waals surface area contributed by atoms with Crippen LogP contribution in [0.2, 0.25) is 0 Å². The summed E-state index contributed by atoms with van der Waals surface area (Å²) in [5.41, 5.74) is 0.638. The quantitative estimate of drug-likeness (QED) is 0.913. The van der Waals surface area contributed by atoms with Gasteiger partial charge in [-0.2, -0.15) is 0 Å². The summed E-state index contributed by atoms with van der Waals surface area (Å²) in [4.78, 5) is 1.92. The number of hydrogen-bond acceptors (Lipinski definition) is 2. The maximum atomic E-state index is 14.4. The summed E-state index contributed by atoms with van der Waals surface area (Å²) in [6, 6.07) is 3.26. The minimum absolute atomic E-state index is 0.114. The molecule has 1 heterocycles. The molecule has 1 saturated heterocycles. The predicted molar refractivity (Wildman–Crippen MR) is 79.1 cm³/mol. The molecule has 1 fully saturated rings. The maximum absolute atomic E-state index is 14.4. The van der Waals surface area contributed by atoms with E-state index in [9.17, 15) is 8.78 Å². The lowest BCUT2D eigenvalue weighted by atomic mass is 9.96. The van der Waals surface area contributed by atoms with E-state index in [-0.39, 0.29) is 17.8 Å². The molecule has 20 heavy (non-hydrogen) atoms. The highest BCUT2D eigenvalue weighted by atomic mass is 19.1. The van der Waals surface area contributed by atoms with Crippen LogP contribution in [0.4, 0.5) is 14.5 Å². The maximum Gasteiger partial charge on any atom is 0.152 e. The third-order valence-corrected chi connectivity index (χ3v) is 4.24. The third-order valence-electron chi connectivity index (χ3n) is 4.24. The van der Waals surface area contributed by atoms with Gasteiger partial charge in [-0.1, -0.05) is 26.8 Å². The van der Waals surface area contributed by atoms with Crippen molar-refractivity contribution in [1.29, 1.82) is 0 Å². The van der Waals surface area contributed by atoms with Gasteiger partial charge in [-0.3, -0.25) is 0 Å². The first kappa shape index (κ1) is 15.2. The number of halogens is 2. The van der Waals surface area contributed by atoms with Crippen molar-refractivity contribution >= 4 is 5.69 Å². The van der Waals surface area contributed by atoms with Gasteiger partial charge in [0.15, 0.2) is 5.82 Å². The minimum atomic E-state index is -0.462. The topological polar surface area (TPSA) is 15.3 Å². The second-order valence-electron chi connectivity index (χ2n) is 6.00. The van der Waals surface area contributed by atoms with Crippen molar-refractivity contribution in [3.8, 4) is 0 Å². The van der Waals surface area contributed by atoms with Crippen molar-refractivity contribution in [2.45, 2.75) is 46.2 Å². The monoisotopic (exact) mass is 282 g/mol. The third kappa shape index (κ3) is 2.80. The molecule has 112 valence electrons. The average Bonchev–Trinajstić information content (AvgIpc) is 2.43. The van der Waals surface area contributed by atoms with E-state index in [2.05, 4.69) is 26.1 Å². The molecule has 0 saturated carbocycles. The molecule has 0 aliphatic carbocycles. The highest BCUT2D eigenvalue weighted by molar-refractivity contribution is 5.53. The Morgan fingerprint density at radius 1 is 1.35 bits per heavy atom. The molecule has 0 radical (unpaired) electrons. The Labute approximate surface area is 120 Å². The number of aryl methyl sites for hydroxylation is 1. The van der Waals surface area contributed by atoms with Gasteiger partial charge in [0, 0.05) is 25.2 Å². The summed E-state index contributed by atoms with van der Waals surface area (Å²) < 4.78 is 28.6. The number of anilines is 1. The molecule has 2 rings (SSSR count). The lowest BCUT2D eigenvalue weighted by Crippen LogP contribution is -2.58. The largest absolute Gasteiger partial charge is 0.361 e. The number of rotatable bonds is 3. The molecule has 1 aromatic carbocycles.